The predicted molar refractivity (Wildman–Crippen MR) is 137 cm³/mol. The van der Waals surface area contributed by atoms with Crippen LogP contribution in [0, 0.1) is 0 Å². The zero-order valence-corrected chi connectivity index (χ0v) is 20.2. The van der Waals surface area contributed by atoms with E-state index >= 15 is 0 Å². The van der Waals surface area contributed by atoms with Gasteiger partial charge in [0.15, 0.2) is 11.5 Å². The molecule has 0 saturated carbocycles. The van der Waals surface area contributed by atoms with Crippen LogP contribution in [0.25, 0.3) is 0 Å². The summed E-state index contributed by atoms with van der Waals surface area (Å²) >= 11 is 0. The maximum atomic E-state index is 13.7. The lowest BCUT2D eigenvalue weighted by molar-refractivity contribution is -0.116. The van der Waals surface area contributed by atoms with Gasteiger partial charge in [0, 0.05) is 30.8 Å². The first-order chi connectivity index (χ1) is 17.0. The molecule has 2 amide bonds. The number of methoxy groups -OCH3 is 2. The van der Waals surface area contributed by atoms with Gasteiger partial charge in [0.2, 0.25) is 5.91 Å². The van der Waals surface area contributed by atoms with Crippen LogP contribution in [0.15, 0.2) is 77.8 Å². The average Bonchev–Trinajstić information content (AvgIpc) is 3.02. The molecule has 0 aliphatic carbocycles. The third kappa shape index (κ3) is 5.19. The van der Waals surface area contributed by atoms with Crippen molar-refractivity contribution in [1.29, 1.82) is 0 Å². The smallest absolute Gasteiger partial charge is 0.259 e. The molecule has 1 aliphatic rings. The van der Waals surface area contributed by atoms with Crippen molar-refractivity contribution in [3.8, 4) is 11.5 Å². The molecule has 35 heavy (non-hydrogen) atoms. The van der Waals surface area contributed by atoms with E-state index < -0.39 is 0 Å². The highest BCUT2D eigenvalue weighted by molar-refractivity contribution is 6.18. The number of likely N-dealkylation sites (N-methyl/N-ethyl adjacent to an activating group) is 1. The quantitative estimate of drug-likeness (QED) is 0.518. The van der Waals surface area contributed by atoms with Crippen LogP contribution in [0.2, 0.25) is 0 Å². The topological polar surface area (TPSA) is 71.4 Å². The molecule has 1 heterocycles. The molecular weight excluding hydrogens is 442 g/mol. The number of rotatable bonds is 7. The van der Waals surface area contributed by atoms with Crippen molar-refractivity contribution in [1.82, 2.24) is 4.90 Å². The van der Waals surface area contributed by atoms with Crippen molar-refractivity contribution in [2.75, 3.05) is 39.3 Å². The number of carbonyl (C=O) groups excluding carboxylic acids is 2. The van der Waals surface area contributed by atoms with Crippen LogP contribution < -0.4 is 14.4 Å². The monoisotopic (exact) mass is 471 g/mol. The van der Waals surface area contributed by atoms with Crippen molar-refractivity contribution < 1.29 is 19.1 Å². The van der Waals surface area contributed by atoms with E-state index in [2.05, 4.69) is 17.1 Å². The van der Waals surface area contributed by atoms with E-state index in [1.807, 2.05) is 36.4 Å². The second-order valence-electron chi connectivity index (χ2n) is 8.23. The normalized spacial score (nSPS) is 12.9. The number of fused-ring (bicyclic) bond motifs is 1. The number of amides is 2. The maximum absolute atomic E-state index is 13.7. The lowest BCUT2D eigenvalue weighted by atomic mass is 10.1. The van der Waals surface area contributed by atoms with E-state index in [4.69, 9.17) is 9.47 Å². The number of benzene rings is 3. The molecule has 0 spiro atoms. The fraction of sp³-hybridized carbons (Fsp3) is 0.250. The van der Waals surface area contributed by atoms with Gasteiger partial charge < -0.3 is 14.4 Å². The van der Waals surface area contributed by atoms with E-state index in [0.717, 1.165) is 12.8 Å². The summed E-state index contributed by atoms with van der Waals surface area (Å²) in [6.07, 6.45) is 1.54. The number of carbonyl (C=O) groups is 2. The zero-order valence-electron chi connectivity index (χ0n) is 20.2. The maximum Gasteiger partial charge on any atom is 0.259 e. The molecule has 4 rings (SSSR count). The number of hydrogen-bond donors (Lipinski definition) is 0. The zero-order chi connectivity index (χ0) is 24.8. The third-order valence-corrected chi connectivity index (χ3v) is 6.05. The number of ether oxygens (including phenoxy) is 2. The van der Waals surface area contributed by atoms with Crippen molar-refractivity contribution in [3.63, 3.8) is 0 Å². The van der Waals surface area contributed by atoms with Gasteiger partial charge in [-0.05, 0) is 36.6 Å². The number of amidine groups is 1. The molecule has 0 bridgehead atoms. The molecule has 0 N–H and O–H groups in total. The molecule has 0 unspecified atom stereocenters. The fourth-order valence-corrected chi connectivity index (χ4v) is 4.15. The Labute approximate surface area is 205 Å². The molecule has 1 aliphatic heterocycles. The minimum atomic E-state index is -0.176. The first-order valence-electron chi connectivity index (χ1n) is 11.5. The van der Waals surface area contributed by atoms with Crippen LogP contribution in [-0.4, -0.2) is 56.9 Å². The van der Waals surface area contributed by atoms with Crippen LogP contribution in [0.5, 0.6) is 11.5 Å². The highest BCUT2D eigenvalue weighted by atomic mass is 16.5. The molecule has 0 fully saturated rings. The van der Waals surface area contributed by atoms with Gasteiger partial charge in [0.1, 0.15) is 12.4 Å². The second kappa shape index (κ2) is 10.9. The Kier molecular flexibility index (Phi) is 7.45. The van der Waals surface area contributed by atoms with Gasteiger partial charge >= 0.3 is 0 Å². The first kappa shape index (κ1) is 24.0. The van der Waals surface area contributed by atoms with Gasteiger partial charge in [0.05, 0.1) is 19.9 Å². The summed E-state index contributed by atoms with van der Waals surface area (Å²) in [5.74, 6) is 1.09. The third-order valence-electron chi connectivity index (χ3n) is 6.05. The van der Waals surface area contributed by atoms with E-state index in [9.17, 15) is 9.59 Å². The van der Waals surface area contributed by atoms with Crippen LogP contribution in [-0.2, 0) is 11.2 Å². The average molecular weight is 472 g/mol. The fourth-order valence-electron chi connectivity index (χ4n) is 4.15. The first-order valence-corrected chi connectivity index (χ1v) is 11.5. The largest absolute Gasteiger partial charge is 0.493 e. The molecule has 7 heteroatoms. The Balaban J connectivity index is 1.77. The van der Waals surface area contributed by atoms with E-state index in [0.29, 0.717) is 40.7 Å². The Bertz CT molecular complexity index is 1230. The van der Waals surface area contributed by atoms with Gasteiger partial charge in [-0.1, -0.05) is 48.5 Å². The highest BCUT2D eigenvalue weighted by Crippen LogP contribution is 2.37. The van der Waals surface area contributed by atoms with Crippen LogP contribution in [0.1, 0.15) is 27.9 Å². The Hall–Kier alpha value is -4.13. The molecular formula is C28H29N3O4. The van der Waals surface area contributed by atoms with Gasteiger partial charge in [-0.15, -0.1) is 0 Å². The summed E-state index contributed by atoms with van der Waals surface area (Å²) in [5.41, 5.74) is 3.00. The number of anilines is 1. The van der Waals surface area contributed by atoms with E-state index in [1.165, 1.54) is 5.56 Å². The van der Waals surface area contributed by atoms with Gasteiger partial charge in [-0.3, -0.25) is 19.5 Å². The van der Waals surface area contributed by atoms with Crippen LogP contribution >= 0.6 is 0 Å². The highest BCUT2D eigenvalue weighted by Gasteiger charge is 2.30. The number of aliphatic imine (C=N–C) groups is 1. The summed E-state index contributed by atoms with van der Waals surface area (Å²) in [6.45, 7) is 0.371. The van der Waals surface area contributed by atoms with Crippen molar-refractivity contribution in [2.24, 2.45) is 4.99 Å². The van der Waals surface area contributed by atoms with E-state index in [-0.39, 0.29) is 18.4 Å². The summed E-state index contributed by atoms with van der Waals surface area (Å²) < 4.78 is 11.0. The van der Waals surface area contributed by atoms with Gasteiger partial charge in [-0.25, -0.2) is 0 Å². The lowest BCUT2D eigenvalue weighted by Gasteiger charge is -2.27. The Morgan fingerprint density at radius 3 is 2.26 bits per heavy atom. The van der Waals surface area contributed by atoms with Gasteiger partial charge in [0.25, 0.3) is 5.91 Å². The molecule has 0 radical (unpaired) electrons. The number of nitrogens with zero attached hydrogens (tertiary/aromatic N) is 3. The molecule has 180 valence electrons. The Morgan fingerprint density at radius 2 is 1.60 bits per heavy atom. The molecule has 0 atom stereocenters. The molecule has 3 aromatic carbocycles. The minimum Gasteiger partial charge on any atom is -0.493 e. The van der Waals surface area contributed by atoms with Crippen molar-refractivity contribution >= 4 is 23.3 Å². The summed E-state index contributed by atoms with van der Waals surface area (Å²) in [5, 5.41) is 0. The number of benzodiazepines with no additional fused rings is 1. The standard InChI is InChI=1S/C28H29N3O4/c1-30-23-18-25(35-3)24(34-2)17-22(23)27(29-19-26(30)32)31(28(33)21-14-8-5-9-15-21)16-10-13-20-11-6-4-7-12-20/h4-9,11-12,14-15,17-18H,10,13,16,19H2,1-3H3. The predicted octanol–water partition coefficient (Wildman–Crippen LogP) is 4.20. The number of hydrogen-bond acceptors (Lipinski definition) is 5. The molecule has 3 aromatic rings. The molecule has 0 saturated heterocycles. The lowest BCUT2D eigenvalue weighted by Crippen LogP contribution is -2.39. The Morgan fingerprint density at radius 1 is 0.971 bits per heavy atom. The minimum absolute atomic E-state index is 0.0671. The summed E-state index contributed by atoms with van der Waals surface area (Å²) in [6, 6.07) is 22.8. The second-order valence-corrected chi connectivity index (χ2v) is 8.23. The van der Waals surface area contributed by atoms with Crippen LogP contribution in [0.4, 0.5) is 5.69 Å². The van der Waals surface area contributed by atoms with E-state index in [1.54, 1.807) is 55.3 Å². The van der Waals surface area contributed by atoms with Crippen molar-refractivity contribution in [2.45, 2.75) is 12.8 Å². The SMILES string of the molecule is COc1cc2c(cc1OC)N(C)C(=O)CN=C2N(CCCc1ccccc1)C(=O)c1ccccc1. The molecule has 7 nitrogen and oxygen atoms in total. The summed E-state index contributed by atoms with van der Waals surface area (Å²) in [7, 11) is 4.80. The summed E-state index contributed by atoms with van der Waals surface area (Å²) in [4.78, 5) is 34.4. The molecule has 0 aromatic heterocycles. The number of aryl methyl sites for hydroxylation is 1. The van der Waals surface area contributed by atoms with Crippen LogP contribution in [0.3, 0.4) is 0 Å². The van der Waals surface area contributed by atoms with Gasteiger partial charge in [-0.2, -0.15) is 0 Å². The van der Waals surface area contributed by atoms with Crippen molar-refractivity contribution in [3.05, 3.63) is 89.5 Å².